The third-order valence-corrected chi connectivity index (χ3v) is 3.84. The number of thioether (sulfide) groups is 1. The van der Waals surface area contributed by atoms with E-state index in [1.54, 1.807) is 6.07 Å². The van der Waals surface area contributed by atoms with E-state index in [0.29, 0.717) is 5.88 Å². The van der Waals surface area contributed by atoms with Crippen LogP contribution in [-0.2, 0) is 0 Å². The molecule has 0 spiro atoms. The number of furan rings is 1. The molecule has 0 saturated carbocycles. The van der Waals surface area contributed by atoms with Gasteiger partial charge in [0.25, 0.3) is 0 Å². The van der Waals surface area contributed by atoms with E-state index < -0.39 is 5.97 Å². The Hall–Kier alpha value is -1.10. The average Bonchev–Trinajstić information content (AvgIpc) is 2.64. The summed E-state index contributed by atoms with van der Waals surface area (Å²) in [6.07, 6.45) is 0. The maximum absolute atomic E-state index is 10.7. The van der Waals surface area contributed by atoms with Crippen molar-refractivity contribution in [3.05, 3.63) is 17.9 Å². The lowest BCUT2D eigenvalue weighted by Gasteiger charge is -2.37. The lowest BCUT2D eigenvalue weighted by molar-refractivity contribution is 0.0663. The van der Waals surface area contributed by atoms with Crippen molar-refractivity contribution in [1.29, 1.82) is 0 Å². The fourth-order valence-corrected chi connectivity index (χ4v) is 2.93. The van der Waals surface area contributed by atoms with Gasteiger partial charge in [0.2, 0.25) is 5.76 Å². The van der Waals surface area contributed by atoms with Crippen molar-refractivity contribution in [3.8, 4) is 0 Å². The summed E-state index contributed by atoms with van der Waals surface area (Å²) in [5, 5.41) is 8.78. The largest absolute Gasteiger partial charge is 0.475 e. The molecule has 0 aromatic carbocycles. The molecule has 0 aliphatic carbocycles. The van der Waals surface area contributed by atoms with Crippen LogP contribution >= 0.6 is 11.8 Å². The van der Waals surface area contributed by atoms with E-state index in [0.717, 1.165) is 18.8 Å². The Morgan fingerprint density at radius 1 is 1.56 bits per heavy atom. The number of nitrogens with zero attached hydrogens (tertiary/aromatic N) is 1. The summed E-state index contributed by atoms with van der Waals surface area (Å²) in [6, 6.07) is 3.24. The topological polar surface area (TPSA) is 53.7 Å². The van der Waals surface area contributed by atoms with Crippen molar-refractivity contribution in [2.75, 3.05) is 23.7 Å². The molecule has 1 saturated heterocycles. The molecule has 1 aromatic rings. The van der Waals surface area contributed by atoms with Crippen LogP contribution in [0.25, 0.3) is 0 Å². The molecule has 0 unspecified atom stereocenters. The van der Waals surface area contributed by atoms with E-state index in [2.05, 4.69) is 18.7 Å². The van der Waals surface area contributed by atoms with Crippen LogP contribution in [0, 0.1) is 0 Å². The van der Waals surface area contributed by atoms with E-state index in [9.17, 15) is 4.79 Å². The number of carboxylic acids is 1. The lowest BCUT2D eigenvalue weighted by Crippen LogP contribution is -2.42. The van der Waals surface area contributed by atoms with Crippen molar-refractivity contribution in [1.82, 2.24) is 0 Å². The van der Waals surface area contributed by atoms with Gasteiger partial charge in [-0.05, 0) is 19.9 Å². The van der Waals surface area contributed by atoms with Crippen molar-refractivity contribution in [2.24, 2.45) is 0 Å². The summed E-state index contributed by atoms with van der Waals surface area (Å²) in [7, 11) is 0. The molecule has 4 nitrogen and oxygen atoms in total. The van der Waals surface area contributed by atoms with E-state index in [1.165, 1.54) is 6.07 Å². The number of hydrogen-bond donors (Lipinski definition) is 1. The monoisotopic (exact) mass is 241 g/mol. The van der Waals surface area contributed by atoms with Gasteiger partial charge in [-0.1, -0.05) is 0 Å². The zero-order valence-corrected chi connectivity index (χ0v) is 10.2. The van der Waals surface area contributed by atoms with Gasteiger partial charge >= 0.3 is 5.97 Å². The summed E-state index contributed by atoms with van der Waals surface area (Å²) in [4.78, 5) is 12.8. The second-order valence-electron chi connectivity index (χ2n) is 4.47. The highest BCUT2D eigenvalue weighted by molar-refractivity contribution is 8.00. The van der Waals surface area contributed by atoms with Gasteiger partial charge in [0.15, 0.2) is 5.88 Å². The molecule has 2 rings (SSSR count). The highest BCUT2D eigenvalue weighted by Crippen LogP contribution is 2.32. The quantitative estimate of drug-likeness (QED) is 0.861. The third kappa shape index (κ3) is 2.35. The number of rotatable bonds is 2. The Morgan fingerprint density at radius 2 is 2.31 bits per heavy atom. The number of carboxylic acid groups (broad SMARTS) is 1. The SMILES string of the molecule is CC1(C)CN(c2ccc(C(=O)O)o2)CCS1. The molecule has 1 fully saturated rings. The molecule has 0 radical (unpaired) electrons. The molecular formula is C11H15NO3S. The Balaban J connectivity index is 2.14. The summed E-state index contributed by atoms with van der Waals surface area (Å²) in [5.74, 6) is 0.685. The zero-order valence-electron chi connectivity index (χ0n) is 9.40. The van der Waals surface area contributed by atoms with Crippen molar-refractivity contribution < 1.29 is 14.3 Å². The minimum atomic E-state index is -1.02. The highest BCUT2D eigenvalue weighted by atomic mass is 32.2. The lowest BCUT2D eigenvalue weighted by atomic mass is 10.2. The molecule has 0 amide bonds. The second kappa shape index (κ2) is 4.05. The summed E-state index contributed by atoms with van der Waals surface area (Å²) >= 11 is 1.93. The van der Waals surface area contributed by atoms with Crippen LogP contribution in [0.15, 0.2) is 16.5 Å². The average molecular weight is 241 g/mol. The van der Waals surface area contributed by atoms with Crippen LogP contribution in [0.3, 0.4) is 0 Å². The smallest absolute Gasteiger partial charge is 0.371 e. The summed E-state index contributed by atoms with van der Waals surface area (Å²) < 4.78 is 5.48. The highest BCUT2D eigenvalue weighted by Gasteiger charge is 2.28. The van der Waals surface area contributed by atoms with E-state index >= 15 is 0 Å². The fourth-order valence-electron chi connectivity index (χ4n) is 1.82. The molecule has 5 heteroatoms. The molecule has 2 heterocycles. The molecule has 1 aliphatic rings. The predicted octanol–water partition coefficient (Wildman–Crippen LogP) is 2.31. The number of aromatic carboxylic acids is 1. The fraction of sp³-hybridized carbons (Fsp3) is 0.545. The van der Waals surface area contributed by atoms with Crippen LogP contribution in [0.5, 0.6) is 0 Å². The Kier molecular flexibility index (Phi) is 2.88. The van der Waals surface area contributed by atoms with Crippen molar-refractivity contribution in [3.63, 3.8) is 0 Å². The minimum absolute atomic E-state index is 0.00559. The predicted molar refractivity (Wildman–Crippen MR) is 64.4 cm³/mol. The van der Waals surface area contributed by atoms with Gasteiger partial charge in [-0.15, -0.1) is 0 Å². The maximum atomic E-state index is 10.7. The van der Waals surface area contributed by atoms with Crippen LogP contribution in [0.2, 0.25) is 0 Å². The summed E-state index contributed by atoms with van der Waals surface area (Å²) in [6.45, 7) is 6.15. The number of carbonyl (C=O) groups is 1. The van der Waals surface area contributed by atoms with E-state index in [1.807, 2.05) is 11.8 Å². The normalized spacial score (nSPS) is 19.8. The standard InChI is InChI=1S/C11H15NO3S/c1-11(2)7-12(5-6-16-11)9-4-3-8(15-9)10(13)14/h3-4H,5-7H2,1-2H3,(H,13,14). The zero-order chi connectivity index (χ0) is 11.8. The maximum Gasteiger partial charge on any atom is 0.371 e. The minimum Gasteiger partial charge on any atom is -0.475 e. The molecule has 0 atom stereocenters. The Labute approximate surface area is 98.6 Å². The van der Waals surface area contributed by atoms with Gasteiger partial charge < -0.3 is 14.4 Å². The van der Waals surface area contributed by atoms with Gasteiger partial charge in [-0.25, -0.2) is 4.79 Å². The molecule has 16 heavy (non-hydrogen) atoms. The third-order valence-electron chi connectivity index (χ3n) is 2.54. The first-order valence-corrected chi connectivity index (χ1v) is 6.18. The second-order valence-corrected chi connectivity index (χ2v) is 6.27. The van der Waals surface area contributed by atoms with E-state index in [4.69, 9.17) is 9.52 Å². The number of anilines is 1. The molecule has 0 bridgehead atoms. The van der Waals surface area contributed by atoms with Gasteiger partial charge in [-0.3, -0.25) is 0 Å². The van der Waals surface area contributed by atoms with Crippen LogP contribution < -0.4 is 4.90 Å². The van der Waals surface area contributed by atoms with Gasteiger partial charge in [0.05, 0.1) is 0 Å². The first-order valence-electron chi connectivity index (χ1n) is 5.20. The van der Waals surface area contributed by atoms with Gasteiger partial charge in [-0.2, -0.15) is 11.8 Å². The van der Waals surface area contributed by atoms with Crippen molar-refractivity contribution >= 4 is 23.6 Å². The van der Waals surface area contributed by atoms with Gasteiger partial charge in [0, 0.05) is 29.7 Å². The Morgan fingerprint density at radius 3 is 2.88 bits per heavy atom. The van der Waals surface area contributed by atoms with Crippen LogP contribution in [0.1, 0.15) is 24.4 Å². The van der Waals surface area contributed by atoms with E-state index in [-0.39, 0.29) is 10.5 Å². The first kappa shape index (κ1) is 11.4. The Bertz CT molecular complexity index is 400. The van der Waals surface area contributed by atoms with Crippen LogP contribution in [0.4, 0.5) is 5.88 Å². The van der Waals surface area contributed by atoms with Gasteiger partial charge in [0.1, 0.15) is 0 Å². The molecule has 88 valence electrons. The molecule has 1 aliphatic heterocycles. The molecular weight excluding hydrogens is 226 g/mol. The molecule has 1 aromatic heterocycles. The van der Waals surface area contributed by atoms with Crippen LogP contribution in [-0.4, -0.2) is 34.7 Å². The number of hydrogen-bond acceptors (Lipinski definition) is 4. The first-order chi connectivity index (χ1) is 7.48. The van der Waals surface area contributed by atoms with Crippen molar-refractivity contribution in [2.45, 2.75) is 18.6 Å². The summed E-state index contributed by atoms with van der Waals surface area (Å²) in [5.41, 5.74) is 0. The molecule has 1 N–H and O–H groups in total.